The summed E-state index contributed by atoms with van der Waals surface area (Å²) in [6, 6.07) is 2.17. The molecule has 0 aromatic rings. The van der Waals surface area contributed by atoms with E-state index >= 15 is 0 Å². The van der Waals surface area contributed by atoms with E-state index < -0.39 is 0 Å². The van der Waals surface area contributed by atoms with Gasteiger partial charge in [0.25, 0.3) is 0 Å². The van der Waals surface area contributed by atoms with Crippen LogP contribution < -0.4 is 0 Å². The average Bonchev–Trinajstić information content (AvgIpc) is 2.21. The molecule has 1 fully saturated rings. The van der Waals surface area contributed by atoms with Gasteiger partial charge in [0.15, 0.2) is 0 Å². The Labute approximate surface area is 79.3 Å². The van der Waals surface area contributed by atoms with Gasteiger partial charge in [-0.15, -0.1) is 0 Å². The fourth-order valence-corrected chi connectivity index (χ4v) is 1.90. The molecule has 0 saturated heterocycles. The van der Waals surface area contributed by atoms with Crippen molar-refractivity contribution in [2.24, 2.45) is 5.92 Å². The summed E-state index contributed by atoms with van der Waals surface area (Å²) in [7, 11) is 0. The van der Waals surface area contributed by atoms with Crippen molar-refractivity contribution in [1.29, 1.82) is 5.26 Å². The van der Waals surface area contributed by atoms with Crippen molar-refractivity contribution in [3.63, 3.8) is 0 Å². The van der Waals surface area contributed by atoms with Crippen molar-refractivity contribution in [3.8, 4) is 6.07 Å². The van der Waals surface area contributed by atoms with Gasteiger partial charge < -0.3 is 9.84 Å². The highest BCUT2D eigenvalue weighted by Gasteiger charge is 2.23. The summed E-state index contributed by atoms with van der Waals surface area (Å²) in [5.74, 6) is 0.394. The van der Waals surface area contributed by atoms with Gasteiger partial charge in [-0.3, -0.25) is 0 Å². The number of nitriles is 1. The minimum atomic E-state index is -0.299. The number of ether oxygens (including phenoxy) is 1. The molecule has 3 heteroatoms. The second-order valence-electron chi connectivity index (χ2n) is 3.54. The molecular weight excluding hydrogens is 166 g/mol. The van der Waals surface area contributed by atoms with E-state index in [4.69, 9.17) is 15.1 Å². The van der Waals surface area contributed by atoms with Crippen LogP contribution in [-0.2, 0) is 4.74 Å². The van der Waals surface area contributed by atoms with Crippen LogP contribution in [0.4, 0.5) is 0 Å². The lowest BCUT2D eigenvalue weighted by Crippen LogP contribution is -2.25. The molecule has 1 saturated carbocycles. The summed E-state index contributed by atoms with van der Waals surface area (Å²) in [4.78, 5) is 0. The lowest BCUT2D eigenvalue weighted by molar-refractivity contribution is 0.0170. The Morgan fingerprint density at radius 1 is 1.38 bits per heavy atom. The third-order valence-corrected chi connectivity index (χ3v) is 2.59. The largest absolute Gasteiger partial charge is 0.394 e. The first kappa shape index (κ1) is 10.5. The number of rotatable bonds is 4. The van der Waals surface area contributed by atoms with E-state index in [1.165, 1.54) is 19.3 Å². The normalized spacial score (nSPS) is 20.9. The topological polar surface area (TPSA) is 53.2 Å². The highest BCUT2D eigenvalue weighted by Crippen LogP contribution is 2.27. The Kier molecular flexibility index (Phi) is 4.81. The van der Waals surface area contributed by atoms with Gasteiger partial charge in [-0.25, -0.2) is 0 Å². The summed E-state index contributed by atoms with van der Waals surface area (Å²) in [5.41, 5.74) is 0. The first-order valence-corrected chi connectivity index (χ1v) is 5.00. The first-order chi connectivity index (χ1) is 6.38. The maximum absolute atomic E-state index is 8.85. The highest BCUT2D eigenvalue weighted by atomic mass is 16.5. The van der Waals surface area contributed by atoms with E-state index in [9.17, 15) is 0 Å². The van der Waals surface area contributed by atoms with Gasteiger partial charge in [0.2, 0.25) is 0 Å². The summed E-state index contributed by atoms with van der Waals surface area (Å²) in [6.45, 7) is 0.291. The molecule has 0 aliphatic heterocycles. The predicted molar refractivity (Wildman–Crippen MR) is 49.0 cm³/mol. The second kappa shape index (κ2) is 5.95. The quantitative estimate of drug-likeness (QED) is 0.718. The minimum absolute atomic E-state index is 0.00486. The van der Waals surface area contributed by atoms with Crippen LogP contribution in [0.5, 0.6) is 0 Å². The molecule has 1 atom stereocenters. The molecule has 1 aliphatic rings. The highest BCUT2D eigenvalue weighted by molar-refractivity contribution is 4.90. The SMILES string of the molecule is N#CC(OCCO)C1CCCCC1. The van der Waals surface area contributed by atoms with Gasteiger partial charge in [0.1, 0.15) is 6.10 Å². The zero-order valence-corrected chi connectivity index (χ0v) is 7.91. The van der Waals surface area contributed by atoms with E-state index in [1.54, 1.807) is 0 Å². The van der Waals surface area contributed by atoms with Gasteiger partial charge >= 0.3 is 0 Å². The fourth-order valence-electron chi connectivity index (χ4n) is 1.90. The van der Waals surface area contributed by atoms with E-state index in [2.05, 4.69) is 6.07 Å². The predicted octanol–water partition coefficient (Wildman–Crippen LogP) is 1.47. The van der Waals surface area contributed by atoms with Gasteiger partial charge in [0.05, 0.1) is 19.3 Å². The molecule has 0 heterocycles. The number of hydrogen-bond donors (Lipinski definition) is 1. The molecule has 1 unspecified atom stereocenters. The van der Waals surface area contributed by atoms with Crippen molar-refractivity contribution in [3.05, 3.63) is 0 Å². The van der Waals surface area contributed by atoms with Crippen molar-refractivity contribution >= 4 is 0 Å². The molecule has 1 N–H and O–H groups in total. The standard InChI is InChI=1S/C10H17NO2/c11-8-10(13-7-6-12)9-4-2-1-3-5-9/h9-10,12H,1-7H2. The lowest BCUT2D eigenvalue weighted by atomic mass is 9.86. The Morgan fingerprint density at radius 2 is 2.08 bits per heavy atom. The average molecular weight is 183 g/mol. The van der Waals surface area contributed by atoms with Gasteiger partial charge in [0, 0.05) is 0 Å². The van der Waals surface area contributed by atoms with Gasteiger partial charge in [-0.05, 0) is 18.8 Å². The molecule has 3 nitrogen and oxygen atoms in total. The summed E-state index contributed by atoms with van der Waals surface area (Å²) in [5, 5.41) is 17.4. The first-order valence-electron chi connectivity index (χ1n) is 5.00. The van der Waals surface area contributed by atoms with E-state index in [0.29, 0.717) is 5.92 Å². The summed E-state index contributed by atoms with van der Waals surface area (Å²) >= 11 is 0. The fraction of sp³-hybridized carbons (Fsp3) is 0.900. The maximum atomic E-state index is 8.85. The number of aliphatic hydroxyl groups excluding tert-OH is 1. The summed E-state index contributed by atoms with van der Waals surface area (Å²) < 4.78 is 5.27. The molecule has 1 rings (SSSR count). The van der Waals surface area contributed by atoms with Crippen molar-refractivity contribution < 1.29 is 9.84 Å². The minimum Gasteiger partial charge on any atom is -0.394 e. The Bertz CT molecular complexity index is 170. The van der Waals surface area contributed by atoms with Crippen LogP contribution in [0.15, 0.2) is 0 Å². The van der Waals surface area contributed by atoms with Crippen molar-refractivity contribution in [2.45, 2.75) is 38.2 Å². The van der Waals surface area contributed by atoms with E-state index in [-0.39, 0.29) is 19.3 Å². The molecular formula is C10H17NO2. The monoisotopic (exact) mass is 183 g/mol. The molecule has 0 spiro atoms. The van der Waals surface area contributed by atoms with Crippen LogP contribution in [0, 0.1) is 17.2 Å². The van der Waals surface area contributed by atoms with E-state index in [0.717, 1.165) is 12.8 Å². The van der Waals surface area contributed by atoms with Crippen LogP contribution in [0.3, 0.4) is 0 Å². The van der Waals surface area contributed by atoms with Crippen molar-refractivity contribution in [2.75, 3.05) is 13.2 Å². The van der Waals surface area contributed by atoms with Crippen LogP contribution in [-0.4, -0.2) is 24.4 Å². The molecule has 0 bridgehead atoms. The van der Waals surface area contributed by atoms with E-state index in [1.807, 2.05) is 0 Å². The van der Waals surface area contributed by atoms with Crippen LogP contribution in [0.25, 0.3) is 0 Å². The van der Waals surface area contributed by atoms with Crippen LogP contribution in [0.2, 0.25) is 0 Å². The Hall–Kier alpha value is -0.590. The number of aliphatic hydroxyl groups is 1. The molecule has 0 aromatic carbocycles. The molecule has 13 heavy (non-hydrogen) atoms. The van der Waals surface area contributed by atoms with Gasteiger partial charge in [-0.2, -0.15) is 5.26 Å². The lowest BCUT2D eigenvalue weighted by Gasteiger charge is -2.25. The summed E-state index contributed by atoms with van der Waals surface area (Å²) in [6.07, 6.45) is 5.62. The van der Waals surface area contributed by atoms with Crippen LogP contribution >= 0.6 is 0 Å². The third-order valence-electron chi connectivity index (χ3n) is 2.59. The van der Waals surface area contributed by atoms with Crippen LogP contribution in [0.1, 0.15) is 32.1 Å². The Balaban J connectivity index is 2.31. The zero-order valence-electron chi connectivity index (χ0n) is 7.91. The zero-order chi connectivity index (χ0) is 9.52. The Morgan fingerprint density at radius 3 is 2.62 bits per heavy atom. The molecule has 0 amide bonds. The smallest absolute Gasteiger partial charge is 0.146 e. The number of nitrogens with zero attached hydrogens (tertiary/aromatic N) is 1. The van der Waals surface area contributed by atoms with Crippen molar-refractivity contribution in [1.82, 2.24) is 0 Å². The van der Waals surface area contributed by atoms with Gasteiger partial charge in [-0.1, -0.05) is 19.3 Å². The number of hydrogen-bond acceptors (Lipinski definition) is 3. The second-order valence-corrected chi connectivity index (χ2v) is 3.54. The molecule has 0 aromatic heterocycles. The molecule has 1 aliphatic carbocycles. The maximum Gasteiger partial charge on any atom is 0.146 e. The molecule has 74 valence electrons. The third kappa shape index (κ3) is 3.33. The molecule has 0 radical (unpaired) electrons.